The molecule has 0 fully saturated rings. The molecule has 0 spiro atoms. The highest BCUT2D eigenvalue weighted by molar-refractivity contribution is 8.00. The molecule has 24 heavy (non-hydrogen) atoms. The first-order valence-electron chi connectivity index (χ1n) is 8.39. The van der Waals surface area contributed by atoms with Gasteiger partial charge in [0.25, 0.3) is 0 Å². The van der Waals surface area contributed by atoms with Crippen molar-refractivity contribution in [2.75, 3.05) is 5.38 Å². The zero-order chi connectivity index (χ0) is 18.0. The largest absolute Gasteiger partial charge is 0.507 e. The third-order valence-corrected chi connectivity index (χ3v) is 6.59. The summed E-state index contributed by atoms with van der Waals surface area (Å²) in [6.07, 6.45) is 0. The van der Waals surface area contributed by atoms with Gasteiger partial charge in [0, 0.05) is 4.90 Å². The summed E-state index contributed by atoms with van der Waals surface area (Å²) in [4.78, 5) is 0.967. The molecule has 3 heteroatoms. The Kier molecular flexibility index (Phi) is 5.87. The summed E-state index contributed by atoms with van der Waals surface area (Å²) in [5.41, 5.74) is 3.22. The highest BCUT2D eigenvalue weighted by atomic mass is 32.2. The van der Waals surface area contributed by atoms with Gasteiger partial charge in [-0.2, -0.15) is 0 Å². The molecule has 0 aliphatic carbocycles. The number of phenols is 1. The average molecular weight is 357 g/mol. The molecule has 0 amide bonds. The van der Waals surface area contributed by atoms with Gasteiger partial charge in [-0.15, -0.1) is 11.8 Å². The van der Waals surface area contributed by atoms with Gasteiger partial charge in [0.1, 0.15) is 5.75 Å². The number of rotatable bonds is 4. The van der Waals surface area contributed by atoms with Gasteiger partial charge in [-0.3, -0.25) is 0 Å². The molecule has 1 N–H and O–H groups in total. The minimum Gasteiger partial charge on any atom is -0.507 e. The number of phenolic OH excluding ortho intramolecular Hbond substituents is 1. The van der Waals surface area contributed by atoms with Crippen molar-refractivity contribution in [3.63, 3.8) is 0 Å². The van der Waals surface area contributed by atoms with Crippen LogP contribution in [0.4, 0.5) is 0 Å². The van der Waals surface area contributed by atoms with Gasteiger partial charge in [-0.25, -0.2) is 0 Å². The quantitative estimate of drug-likeness (QED) is 0.610. The Hall–Kier alpha value is -1.19. The molecule has 0 atom stereocenters. The fourth-order valence-electron chi connectivity index (χ4n) is 2.90. The van der Waals surface area contributed by atoms with Crippen LogP contribution in [0.2, 0.25) is 0 Å². The van der Waals surface area contributed by atoms with Crippen molar-refractivity contribution >= 4 is 26.5 Å². The Morgan fingerprint density at radius 3 is 2.12 bits per heavy atom. The Balaban J connectivity index is 2.26. The van der Waals surface area contributed by atoms with Crippen LogP contribution in [0.25, 0.3) is 0 Å². The van der Waals surface area contributed by atoms with E-state index in [4.69, 9.17) is 0 Å². The summed E-state index contributed by atoms with van der Waals surface area (Å²) in [7, 11) is 0.726. The molecule has 2 rings (SSSR count). The Morgan fingerprint density at radius 2 is 1.54 bits per heavy atom. The van der Waals surface area contributed by atoms with Crippen molar-refractivity contribution in [3.8, 4) is 5.75 Å². The first kappa shape index (κ1) is 19.1. The third kappa shape index (κ3) is 4.67. The first-order valence-corrected chi connectivity index (χ1v) is 10.6. The van der Waals surface area contributed by atoms with Crippen LogP contribution in [-0.2, 0) is 10.8 Å². The Morgan fingerprint density at radius 1 is 0.875 bits per heavy atom. The van der Waals surface area contributed by atoms with Crippen LogP contribution in [0.5, 0.6) is 5.75 Å². The molecular weight excluding hydrogens is 328 g/mol. The number of hydrogen-bond donors (Lipinski definition) is 1. The predicted octanol–water partition coefficient (Wildman–Crippen LogP) is 5.07. The van der Waals surface area contributed by atoms with Crippen molar-refractivity contribution in [2.24, 2.45) is 0 Å². The molecule has 2 radical (unpaired) electrons. The van der Waals surface area contributed by atoms with E-state index < -0.39 is 0 Å². The van der Waals surface area contributed by atoms with Crippen LogP contribution in [0.3, 0.4) is 0 Å². The molecule has 0 aliphatic rings. The van der Waals surface area contributed by atoms with Crippen LogP contribution < -0.4 is 5.19 Å². The maximum absolute atomic E-state index is 9.92. The smallest absolute Gasteiger partial charge is 0.129 e. The molecule has 2 aromatic rings. The summed E-state index contributed by atoms with van der Waals surface area (Å²) in [5, 5.41) is 12.4. The number of para-hydroxylation sites is 1. The maximum atomic E-state index is 9.92. The SMILES string of the molecule is CC(C)(C)c1cccc([Si]CSc2ccccc2O)c1C(C)(C)C. The van der Waals surface area contributed by atoms with Gasteiger partial charge in [-0.1, -0.05) is 77.1 Å². The molecule has 0 aliphatic heterocycles. The van der Waals surface area contributed by atoms with Crippen LogP contribution in [-0.4, -0.2) is 20.0 Å². The van der Waals surface area contributed by atoms with Gasteiger partial charge in [-0.05, 0) is 39.5 Å². The van der Waals surface area contributed by atoms with Gasteiger partial charge in [0.2, 0.25) is 0 Å². The summed E-state index contributed by atoms with van der Waals surface area (Å²) < 4.78 is 0. The minimum absolute atomic E-state index is 0.131. The van der Waals surface area contributed by atoms with E-state index in [0.29, 0.717) is 5.75 Å². The lowest BCUT2D eigenvalue weighted by atomic mass is 9.75. The Labute approximate surface area is 153 Å². The molecule has 0 bridgehead atoms. The average Bonchev–Trinajstić information content (AvgIpc) is 2.47. The minimum atomic E-state index is 0.131. The highest BCUT2D eigenvalue weighted by Gasteiger charge is 2.27. The van der Waals surface area contributed by atoms with Crippen molar-refractivity contribution in [1.29, 1.82) is 0 Å². The van der Waals surface area contributed by atoms with Gasteiger partial charge in [0.15, 0.2) is 0 Å². The lowest BCUT2D eigenvalue weighted by molar-refractivity contribution is 0.462. The summed E-state index contributed by atoms with van der Waals surface area (Å²) in [5.74, 6) is 0.381. The fourth-order valence-corrected chi connectivity index (χ4v) is 5.73. The van der Waals surface area contributed by atoms with Crippen LogP contribution in [0, 0.1) is 0 Å². The van der Waals surface area contributed by atoms with Crippen LogP contribution >= 0.6 is 11.8 Å². The standard InChI is InChI=1S/C21H28OSSi/c1-20(2,3)15-10-9-13-18(19(15)21(4,5)6)24-14-23-17-12-8-7-11-16(17)22/h7-13,22H,14H2,1-6H3. The molecule has 0 saturated carbocycles. The van der Waals surface area contributed by atoms with E-state index in [2.05, 4.69) is 59.7 Å². The van der Waals surface area contributed by atoms with E-state index in [9.17, 15) is 5.11 Å². The van der Waals surface area contributed by atoms with Crippen LogP contribution in [0.1, 0.15) is 52.7 Å². The second-order valence-electron chi connectivity index (χ2n) is 8.16. The topological polar surface area (TPSA) is 20.2 Å². The zero-order valence-electron chi connectivity index (χ0n) is 15.6. The fraction of sp³-hybridized carbons (Fsp3) is 0.429. The molecule has 2 aromatic carbocycles. The number of thioether (sulfide) groups is 1. The molecule has 0 saturated heterocycles. The monoisotopic (exact) mass is 356 g/mol. The summed E-state index contributed by atoms with van der Waals surface area (Å²) in [6, 6.07) is 14.3. The molecular formula is C21H28OSSi. The first-order chi connectivity index (χ1) is 11.1. The summed E-state index contributed by atoms with van der Waals surface area (Å²) >= 11 is 1.74. The van der Waals surface area contributed by atoms with E-state index >= 15 is 0 Å². The lowest BCUT2D eigenvalue weighted by Gasteiger charge is -2.32. The predicted molar refractivity (Wildman–Crippen MR) is 108 cm³/mol. The van der Waals surface area contributed by atoms with Gasteiger partial charge >= 0.3 is 0 Å². The number of aromatic hydroxyl groups is 1. The number of benzene rings is 2. The van der Waals surface area contributed by atoms with Crippen molar-refractivity contribution in [2.45, 2.75) is 57.3 Å². The highest BCUT2D eigenvalue weighted by Crippen LogP contribution is 2.33. The van der Waals surface area contributed by atoms with E-state index in [0.717, 1.165) is 19.8 Å². The third-order valence-electron chi connectivity index (χ3n) is 3.98. The van der Waals surface area contributed by atoms with Gasteiger partial charge in [0.05, 0.1) is 9.52 Å². The molecule has 0 aromatic heterocycles. The second-order valence-corrected chi connectivity index (χ2v) is 10.9. The maximum Gasteiger partial charge on any atom is 0.129 e. The van der Waals surface area contributed by atoms with E-state index in [1.807, 2.05) is 18.2 Å². The van der Waals surface area contributed by atoms with E-state index in [1.54, 1.807) is 17.8 Å². The van der Waals surface area contributed by atoms with Crippen molar-refractivity contribution in [1.82, 2.24) is 0 Å². The van der Waals surface area contributed by atoms with E-state index in [-0.39, 0.29) is 10.8 Å². The molecule has 128 valence electrons. The zero-order valence-corrected chi connectivity index (χ0v) is 17.4. The van der Waals surface area contributed by atoms with Crippen LogP contribution in [0.15, 0.2) is 47.4 Å². The van der Waals surface area contributed by atoms with E-state index in [1.165, 1.54) is 16.3 Å². The second kappa shape index (κ2) is 7.36. The molecule has 0 heterocycles. The molecule has 0 unspecified atom stereocenters. The normalized spacial score (nSPS) is 12.4. The van der Waals surface area contributed by atoms with Gasteiger partial charge < -0.3 is 5.11 Å². The Bertz CT molecular complexity index is 696. The summed E-state index contributed by atoms with van der Waals surface area (Å²) in [6.45, 7) is 13.8. The van der Waals surface area contributed by atoms with Crippen molar-refractivity contribution in [3.05, 3.63) is 53.6 Å². The lowest BCUT2D eigenvalue weighted by Crippen LogP contribution is -2.33. The van der Waals surface area contributed by atoms with Crippen molar-refractivity contribution < 1.29 is 5.11 Å². The molecule has 1 nitrogen and oxygen atoms in total. The number of hydrogen-bond acceptors (Lipinski definition) is 2.